The molecule has 0 heterocycles. The minimum Gasteiger partial charge on any atom is -0.324 e. The first-order valence-corrected chi connectivity index (χ1v) is 6.30. The van der Waals surface area contributed by atoms with Crippen LogP contribution >= 0.6 is 11.6 Å². The van der Waals surface area contributed by atoms with E-state index in [1.807, 2.05) is 0 Å². The number of halogens is 3. The lowest BCUT2D eigenvalue weighted by Gasteiger charge is -2.14. The summed E-state index contributed by atoms with van der Waals surface area (Å²) in [4.78, 5) is 0. The average Bonchev–Trinajstić information content (AvgIpc) is 2.36. The van der Waals surface area contributed by atoms with Crippen LogP contribution in [0.1, 0.15) is 22.7 Å². The van der Waals surface area contributed by atoms with E-state index < -0.39 is 0 Å². The lowest BCUT2D eigenvalue weighted by atomic mass is 9.98. The van der Waals surface area contributed by atoms with Crippen LogP contribution in [-0.4, -0.2) is 0 Å². The molecule has 19 heavy (non-hydrogen) atoms. The summed E-state index contributed by atoms with van der Waals surface area (Å²) < 4.78 is 26.4. The van der Waals surface area contributed by atoms with Gasteiger partial charge in [0.1, 0.15) is 11.6 Å². The normalized spacial score (nSPS) is 12.5. The van der Waals surface area contributed by atoms with E-state index in [0.29, 0.717) is 22.6 Å². The van der Waals surface area contributed by atoms with Crippen LogP contribution in [0, 0.1) is 18.6 Å². The molecule has 0 saturated carbocycles. The molecule has 2 aromatic rings. The van der Waals surface area contributed by atoms with Crippen molar-refractivity contribution in [3.05, 3.63) is 69.7 Å². The molecule has 0 aliphatic carbocycles. The zero-order valence-corrected chi connectivity index (χ0v) is 11.2. The van der Waals surface area contributed by atoms with Gasteiger partial charge < -0.3 is 5.73 Å². The molecule has 0 radical (unpaired) electrons. The second-order valence-electron chi connectivity index (χ2n) is 4.55. The fraction of sp³-hybridized carbons (Fsp3) is 0.200. The first-order valence-electron chi connectivity index (χ1n) is 5.93. The van der Waals surface area contributed by atoms with E-state index in [9.17, 15) is 8.78 Å². The number of hydrogen-bond acceptors (Lipinski definition) is 1. The van der Waals surface area contributed by atoms with Crippen LogP contribution in [0.5, 0.6) is 0 Å². The van der Waals surface area contributed by atoms with Crippen molar-refractivity contribution in [1.29, 1.82) is 0 Å². The van der Waals surface area contributed by atoms with Crippen LogP contribution in [-0.2, 0) is 6.42 Å². The fourth-order valence-electron chi connectivity index (χ4n) is 1.88. The Balaban J connectivity index is 2.20. The molecule has 2 N–H and O–H groups in total. The summed E-state index contributed by atoms with van der Waals surface area (Å²) in [5.74, 6) is -0.665. The second-order valence-corrected chi connectivity index (χ2v) is 4.96. The van der Waals surface area contributed by atoms with Gasteiger partial charge in [0, 0.05) is 11.1 Å². The van der Waals surface area contributed by atoms with Gasteiger partial charge in [0.15, 0.2) is 0 Å². The number of aryl methyl sites for hydroxylation is 1. The van der Waals surface area contributed by atoms with Gasteiger partial charge in [-0.1, -0.05) is 29.8 Å². The highest BCUT2D eigenvalue weighted by molar-refractivity contribution is 6.31. The van der Waals surface area contributed by atoms with Crippen molar-refractivity contribution in [3.8, 4) is 0 Å². The first-order chi connectivity index (χ1) is 8.97. The molecule has 100 valence electrons. The van der Waals surface area contributed by atoms with Gasteiger partial charge in [-0.15, -0.1) is 0 Å². The van der Waals surface area contributed by atoms with Gasteiger partial charge in [-0.05, 0) is 48.2 Å². The lowest BCUT2D eigenvalue weighted by molar-refractivity contribution is 0.609. The second kappa shape index (κ2) is 5.68. The third-order valence-electron chi connectivity index (χ3n) is 3.08. The van der Waals surface area contributed by atoms with E-state index in [4.69, 9.17) is 17.3 Å². The van der Waals surface area contributed by atoms with Crippen LogP contribution in [0.15, 0.2) is 36.4 Å². The summed E-state index contributed by atoms with van der Waals surface area (Å²) in [6, 6.07) is 8.72. The van der Waals surface area contributed by atoms with Crippen LogP contribution < -0.4 is 5.73 Å². The quantitative estimate of drug-likeness (QED) is 0.898. The Morgan fingerprint density at radius 1 is 1.16 bits per heavy atom. The summed E-state index contributed by atoms with van der Waals surface area (Å²) in [6.07, 6.45) is 0.432. The van der Waals surface area contributed by atoms with Gasteiger partial charge in [0.2, 0.25) is 0 Å². The molecule has 0 bridgehead atoms. The summed E-state index contributed by atoms with van der Waals surface area (Å²) in [5.41, 5.74) is 8.06. The summed E-state index contributed by atoms with van der Waals surface area (Å²) in [7, 11) is 0. The summed E-state index contributed by atoms with van der Waals surface area (Å²) in [6.45, 7) is 1.70. The zero-order valence-electron chi connectivity index (χ0n) is 10.5. The summed E-state index contributed by atoms with van der Waals surface area (Å²) >= 11 is 5.95. The van der Waals surface area contributed by atoms with Gasteiger partial charge in [0.25, 0.3) is 0 Å². The van der Waals surface area contributed by atoms with E-state index in [1.165, 1.54) is 18.2 Å². The van der Waals surface area contributed by atoms with E-state index in [-0.39, 0.29) is 17.7 Å². The van der Waals surface area contributed by atoms with Gasteiger partial charge in [0.05, 0.1) is 0 Å². The molecule has 4 heteroatoms. The molecule has 2 aromatic carbocycles. The molecule has 1 unspecified atom stereocenters. The lowest BCUT2D eigenvalue weighted by Crippen LogP contribution is -2.14. The maximum absolute atomic E-state index is 13.5. The van der Waals surface area contributed by atoms with Crippen molar-refractivity contribution < 1.29 is 8.78 Å². The van der Waals surface area contributed by atoms with E-state index >= 15 is 0 Å². The highest BCUT2D eigenvalue weighted by Crippen LogP contribution is 2.24. The highest BCUT2D eigenvalue weighted by atomic mass is 35.5. The number of rotatable bonds is 3. The van der Waals surface area contributed by atoms with Gasteiger partial charge >= 0.3 is 0 Å². The third kappa shape index (κ3) is 3.31. The fourth-order valence-corrected chi connectivity index (χ4v) is 2.13. The maximum Gasteiger partial charge on any atom is 0.126 e. The van der Waals surface area contributed by atoms with Crippen molar-refractivity contribution in [2.45, 2.75) is 19.4 Å². The van der Waals surface area contributed by atoms with Gasteiger partial charge in [-0.2, -0.15) is 0 Å². The molecule has 0 fully saturated rings. The van der Waals surface area contributed by atoms with Crippen molar-refractivity contribution in [2.75, 3.05) is 0 Å². The van der Waals surface area contributed by atoms with Crippen LogP contribution in [0.25, 0.3) is 0 Å². The van der Waals surface area contributed by atoms with E-state index in [0.717, 1.165) is 5.56 Å². The Labute approximate surface area is 116 Å². The summed E-state index contributed by atoms with van der Waals surface area (Å²) in [5, 5.41) is 0.336. The zero-order chi connectivity index (χ0) is 14.0. The Morgan fingerprint density at radius 3 is 2.53 bits per heavy atom. The number of nitrogens with two attached hydrogens (primary N) is 1. The first kappa shape index (κ1) is 14.0. The molecule has 0 spiro atoms. The molecule has 0 saturated heterocycles. The number of benzene rings is 2. The molecular weight excluding hydrogens is 268 g/mol. The maximum atomic E-state index is 13.5. The molecular formula is C15H14ClF2N. The monoisotopic (exact) mass is 281 g/mol. The highest BCUT2D eigenvalue weighted by Gasteiger charge is 2.11. The standard InChI is InChI=1S/C15H14ClF2N/c1-9-2-3-11(6-14(9)18)15(19)7-10-4-5-12(17)8-13(10)16/h2-6,8,15H,7,19H2,1H3. The minimum absolute atomic E-state index is 0.279. The molecule has 0 aliphatic heterocycles. The van der Waals surface area contributed by atoms with Crippen molar-refractivity contribution >= 4 is 11.6 Å². The molecule has 0 aromatic heterocycles. The van der Waals surface area contributed by atoms with Crippen LogP contribution in [0.3, 0.4) is 0 Å². The predicted octanol–water partition coefficient (Wildman–Crippen LogP) is 4.17. The Hall–Kier alpha value is -1.45. The predicted molar refractivity (Wildman–Crippen MR) is 73.2 cm³/mol. The molecule has 1 nitrogen and oxygen atoms in total. The van der Waals surface area contributed by atoms with E-state index in [1.54, 1.807) is 25.1 Å². The molecule has 0 amide bonds. The Kier molecular flexibility index (Phi) is 4.17. The smallest absolute Gasteiger partial charge is 0.126 e. The minimum atomic E-state index is -0.385. The van der Waals surface area contributed by atoms with Crippen LogP contribution in [0.4, 0.5) is 8.78 Å². The molecule has 0 aliphatic rings. The van der Waals surface area contributed by atoms with Crippen molar-refractivity contribution in [1.82, 2.24) is 0 Å². The topological polar surface area (TPSA) is 26.0 Å². The Bertz CT molecular complexity index is 599. The van der Waals surface area contributed by atoms with Gasteiger partial charge in [-0.3, -0.25) is 0 Å². The molecule has 1 atom stereocenters. The van der Waals surface area contributed by atoms with Crippen molar-refractivity contribution in [2.24, 2.45) is 5.73 Å². The largest absolute Gasteiger partial charge is 0.324 e. The Morgan fingerprint density at radius 2 is 1.89 bits per heavy atom. The number of hydrogen-bond donors (Lipinski definition) is 1. The van der Waals surface area contributed by atoms with Gasteiger partial charge in [-0.25, -0.2) is 8.78 Å². The average molecular weight is 282 g/mol. The molecule has 2 rings (SSSR count). The third-order valence-corrected chi connectivity index (χ3v) is 3.43. The van der Waals surface area contributed by atoms with Crippen LogP contribution in [0.2, 0.25) is 5.02 Å². The SMILES string of the molecule is Cc1ccc(C(N)Cc2ccc(F)cc2Cl)cc1F. The van der Waals surface area contributed by atoms with E-state index in [2.05, 4.69) is 0 Å². The van der Waals surface area contributed by atoms with Crippen molar-refractivity contribution in [3.63, 3.8) is 0 Å².